The Hall–Kier alpha value is -3.43. The number of ether oxygens (including phenoxy) is 1. The van der Waals surface area contributed by atoms with E-state index in [1.807, 2.05) is 18.2 Å². The molecule has 0 amide bonds. The first-order valence-electron chi connectivity index (χ1n) is 8.34. The number of nitrogens with zero attached hydrogens (tertiary/aromatic N) is 2. The van der Waals surface area contributed by atoms with Crippen LogP contribution >= 0.6 is 23.6 Å². The van der Waals surface area contributed by atoms with Gasteiger partial charge in [0.25, 0.3) is 0 Å². The number of carboxylic acids is 1. The highest BCUT2D eigenvalue weighted by Crippen LogP contribution is 2.38. The minimum atomic E-state index is -1.28. The fraction of sp³-hybridized carbons (Fsp3) is 0.0500. The van der Waals surface area contributed by atoms with Crippen LogP contribution in [-0.4, -0.2) is 39.2 Å². The number of hydrogen-bond acceptors (Lipinski definition) is 7. The van der Waals surface area contributed by atoms with Crippen molar-refractivity contribution < 1.29 is 24.9 Å². The number of aromatic nitrogens is 1. The summed E-state index contributed by atoms with van der Waals surface area (Å²) < 4.78 is 6.95. The maximum absolute atomic E-state index is 11.3. The third-order valence-corrected chi connectivity index (χ3v) is 5.73. The van der Waals surface area contributed by atoms with E-state index in [9.17, 15) is 20.1 Å². The van der Waals surface area contributed by atoms with Gasteiger partial charge in [-0.15, -0.1) is 11.3 Å². The summed E-state index contributed by atoms with van der Waals surface area (Å²) >= 11 is 6.55. The highest BCUT2D eigenvalue weighted by Gasteiger charge is 2.18. The van der Waals surface area contributed by atoms with Crippen LogP contribution in [-0.2, 0) is 0 Å². The van der Waals surface area contributed by atoms with Crippen molar-refractivity contribution in [3.63, 3.8) is 0 Å². The van der Waals surface area contributed by atoms with Gasteiger partial charge in [0.15, 0.2) is 3.95 Å². The van der Waals surface area contributed by atoms with Crippen LogP contribution in [0.5, 0.6) is 17.4 Å². The molecule has 2 heterocycles. The molecule has 146 valence electrons. The molecule has 3 N–H and O–H groups in total. The van der Waals surface area contributed by atoms with Gasteiger partial charge in [-0.3, -0.25) is 9.56 Å². The predicted octanol–water partition coefficient (Wildman–Crippen LogP) is 4.64. The van der Waals surface area contributed by atoms with Gasteiger partial charge >= 0.3 is 5.97 Å². The van der Waals surface area contributed by atoms with Gasteiger partial charge in [0, 0.05) is 17.4 Å². The molecule has 0 saturated carbocycles. The van der Waals surface area contributed by atoms with Crippen molar-refractivity contribution in [3.8, 4) is 23.1 Å². The molecule has 7 nitrogen and oxygen atoms in total. The van der Waals surface area contributed by atoms with Crippen molar-refractivity contribution in [2.24, 2.45) is 4.99 Å². The maximum Gasteiger partial charge on any atom is 0.339 e. The molecule has 3 aromatic rings. The fourth-order valence-electron chi connectivity index (χ4n) is 2.99. The molecule has 4 rings (SSSR count). The van der Waals surface area contributed by atoms with E-state index in [-0.39, 0.29) is 17.2 Å². The normalized spacial score (nSPS) is 13.6. The average molecular weight is 426 g/mol. The van der Waals surface area contributed by atoms with E-state index in [0.29, 0.717) is 20.3 Å². The molecule has 29 heavy (non-hydrogen) atoms. The molecule has 0 fully saturated rings. The van der Waals surface area contributed by atoms with Crippen LogP contribution in [0.25, 0.3) is 17.3 Å². The number of rotatable bonds is 4. The third-order valence-electron chi connectivity index (χ3n) is 4.42. The number of carbonyl (C=O) groups is 1. The van der Waals surface area contributed by atoms with Gasteiger partial charge in [-0.25, -0.2) is 4.79 Å². The molecule has 2 aromatic carbocycles. The lowest BCUT2D eigenvalue weighted by Gasteiger charge is -2.07. The van der Waals surface area contributed by atoms with E-state index in [1.165, 1.54) is 34.1 Å². The number of aromatic hydroxyl groups is 2. The lowest BCUT2D eigenvalue weighted by molar-refractivity contribution is 0.0693. The Morgan fingerprint density at radius 3 is 2.76 bits per heavy atom. The molecule has 0 radical (unpaired) electrons. The van der Waals surface area contributed by atoms with Gasteiger partial charge in [-0.05, 0) is 54.7 Å². The largest absolute Gasteiger partial charge is 0.507 e. The van der Waals surface area contributed by atoms with Gasteiger partial charge in [0.2, 0.25) is 5.88 Å². The van der Waals surface area contributed by atoms with E-state index in [4.69, 9.17) is 17.0 Å². The molecule has 0 saturated heterocycles. The SMILES string of the molecule is COc1ccc2c(c1)/C(=C\c1sc(=S)n(-c3ccc(O)c(C(=O)O)c3)c1O)C=N2. The van der Waals surface area contributed by atoms with Crippen molar-refractivity contribution in [2.45, 2.75) is 0 Å². The second-order valence-electron chi connectivity index (χ2n) is 6.14. The molecule has 0 atom stereocenters. The number of aromatic carboxylic acids is 1. The van der Waals surface area contributed by atoms with Crippen LogP contribution in [0.2, 0.25) is 0 Å². The van der Waals surface area contributed by atoms with E-state index in [0.717, 1.165) is 16.8 Å². The summed E-state index contributed by atoms with van der Waals surface area (Å²) in [5.74, 6) is -1.07. The van der Waals surface area contributed by atoms with Crippen LogP contribution in [0.4, 0.5) is 5.69 Å². The topological polar surface area (TPSA) is 104 Å². The standard InChI is InChI=1S/C20H14N2O5S2/c1-27-12-3-4-15-13(8-12)10(9-21-15)6-17-18(24)22(20(28)29-17)11-2-5-16(23)14(7-11)19(25)26/h2-9,23-24H,1H3,(H,25,26)/b10-6-. The lowest BCUT2D eigenvalue weighted by atomic mass is 10.1. The van der Waals surface area contributed by atoms with Crippen LogP contribution in [0.3, 0.4) is 0 Å². The number of hydrogen-bond donors (Lipinski definition) is 3. The number of allylic oxidation sites excluding steroid dienone is 1. The summed E-state index contributed by atoms with van der Waals surface area (Å²) in [7, 11) is 1.58. The Bertz CT molecular complexity index is 1270. The van der Waals surface area contributed by atoms with Crippen molar-refractivity contribution in [3.05, 3.63) is 56.4 Å². The molecular formula is C20H14N2O5S2. The summed E-state index contributed by atoms with van der Waals surface area (Å²) in [6.45, 7) is 0. The van der Waals surface area contributed by atoms with Crippen molar-refractivity contribution >= 4 is 53.1 Å². The van der Waals surface area contributed by atoms with Crippen molar-refractivity contribution in [1.82, 2.24) is 4.57 Å². The second-order valence-corrected chi connectivity index (χ2v) is 7.81. The van der Waals surface area contributed by atoms with E-state index >= 15 is 0 Å². The number of phenols is 1. The lowest BCUT2D eigenvalue weighted by Crippen LogP contribution is -2.00. The Labute approximate surface area is 174 Å². The minimum absolute atomic E-state index is 0.126. The zero-order valence-corrected chi connectivity index (χ0v) is 16.6. The van der Waals surface area contributed by atoms with Crippen LogP contribution in [0.1, 0.15) is 20.8 Å². The molecule has 0 spiro atoms. The van der Waals surface area contributed by atoms with E-state index in [1.54, 1.807) is 19.4 Å². The van der Waals surface area contributed by atoms with Gasteiger partial charge in [-0.1, -0.05) is 0 Å². The molecule has 0 unspecified atom stereocenters. The van der Waals surface area contributed by atoms with Gasteiger partial charge in [-0.2, -0.15) is 0 Å². The summed E-state index contributed by atoms with van der Waals surface area (Å²) in [5.41, 5.74) is 2.51. The van der Waals surface area contributed by atoms with Gasteiger partial charge in [0.1, 0.15) is 17.1 Å². The number of carboxylic acid groups (broad SMARTS) is 1. The first kappa shape index (κ1) is 18.9. The Balaban J connectivity index is 1.80. The number of benzene rings is 2. The smallest absolute Gasteiger partial charge is 0.339 e. The summed E-state index contributed by atoms with van der Waals surface area (Å²) in [4.78, 5) is 16.1. The number of methoxy groups -OCH3 is 1. The molecule has 0 bridgehead atoms. The molecule has 1 aliphatic rings. The Morgan fingerprint density at radius 1 is 1.24 bits per heavy atom. The van der Waals surface area contributed by atoms with Gasteiger partial charge < -0.3 is 20.1 Å². The Morgan fingerprint density at radius 2 is 2.03 bits per heavy atom. The van der Waals surface area contributed by atoms with Crippen molar-refractivity contribution in [2.75, 3.05) is 7.11 Å². The highest BCUT2D eigenvalue weighted by atomic mass is 32.1. The van der Waals surface area contributed by atoms with Gasteiger partial charge in [0.05, 0.1) is 23.4 Å². The summed E-state index contributed by atoms with van der Waals surface area (Å²) in [6, 6.07) is 9.53. The van der Waals surface area contributed by atoms with E-state index < -0.39 is 5.97 Å². The number of fused-ring (bicyclic) bond motifs is 1. The first-order valence-corrected chi connectivity index (χ1v) is 9.57. The monoisotopic (exact) mass is 426 g/mol. The average Bonchev–Trinajstić information content (AvgIpc) is 3.22. The Kier molecular flexibility index (Phi) is 4.69. The quantitative estimate of drug-likeness (QED) is 0.525. The van der Waals surface area contributed by atoms with Crippen LogP contribution < -0.4 is 4.74 Å². The molecule has 9 heteroatoms. The third kappa shape index (κ3) is 3.30. The number of aliphatic imine (C=N–C) groups is 1. The zero-order valence-electron chi connectivity index (χ0n) is 15.0. The van der Waals surface area contributed by atoms with Crippen LogP contribution in [0, 0.1) is 3.95 Å². The molecule has 1 aliphatic heterocycles. The van der Waals surface area contributed by atoms with Crippen molar-refractivity contribution in [1.29, 1.82) is 0 Å². The maximum atomic E-state index is 11.3. The fourth-order valence-corrected chi connectivity index (χ4v) is 4.29. The van der Waals surface area contributed by atoms with Crippen LogP contribution in [0.15, 0.2) is 41.4 Å². The molecular weight excluding hydrogens is 412 g/mol. The summed E-state index contributed by atoms with van der Waals surface area (Å²) in [6.07, 6.45) is 3.46. The highest BCUT2D eigenvalue weighted by molar-refractivity contribution is 7.73. The second kappa shape index (κ2) is 7.19. The molecule has 0 aliphatic carbocycles. The first-order chi connectivity index (χ1) is 13.9. The predicted molar refractivity (Wildman–Crippen MR) is 114 cm³/mol. The zero-order chi connectivity index (χ0) is 20.7. The van der Waals surface area contributed by atoms with E-state index in [2.05, 4.69) is 4.99 Å². The minimum Gasteiger partial charge on any atom is -0.507 e. The summed E-state index contributed by atoms with van der Waals surface area (Å²) in [5, 5.41) is 29.7. The molecule has 1 aromatic heterocycles. The number of thiazole rings is 1.